The van der Waals surface area contributed by atoms with E-state index < -0.39 is 5.91 Å². The van der Waals surface area contributed by atoms with Crippen molar-refractivity contribution in [3.05, 3.63) is 41.4 Å². The topological polar surface area (TPSA) is 114 Å². The minimum atomic E-state index is -0.424. The highest BCUT2D eigenvalue weighted by Gasteiger charge is 2.13. The van der Waals surface area contributed by atoms with Gasteiger partial charge in [0, 0.05) is 17.3 Å². The summed E-state index contributed by atoms with van der Waals surface area (Å²) in [6, 6.07) is 4.66. The molecule has 0 atom stereocenters. The molecular weight excluding hydrogens is 338 g/mol. The Morgan fingerprint density at radius 1 is 1.46 bits per heavy atom. The Labute approximate surface area is 148 Å². The monoisotopic (exact) mass is 353 g/mol. The summed E-state index contributed by atoms with van der Waals surface area (Å²) in [6.07, 6.45) is 1.50. The van der Waals surface area contributed by atoms with E-state index in [-0.39, 0.29) is 24.2 Å². The molecule has 3 N–H and O–H groups in total. The number of anilines is 1. The minimum absolute atomic E-state index is 0.0814. The number of aryl methyl sites for hydroxylation is 1. The molecular formula is C17H15N5O4. The third kappa shape index (κ3) is 3.34. The zero-order valence-corrected chi connectivity index (χ0v) is 14.0. The number of phenolic OH excluding ortho intramolecular Hbond substituents is 1. The molecule has 0 unspecified atom stereocenters. The van der Waals surface area contributed by atoms with Crippen molar-refractivity contribution < 1.29 is 19.4 Å². The molecule has 2 aromatic heterocycles. The van der Waals surface area contributed by atoms with Crippen LogP contribution in [-0.4, -0.2) is 39.7 Å². The number of rotatable bonds is 5. The molecule has 132 valence electrons. The molecule has 0 spiro atoms. The lowest BCUT2D eigenvalue weighted by Crippen LogP contribution is -2.20. The lowest BCUT2D eigenvalue weighted by Gasteiger charge is -2.08. The number of nitrogens with one attached hydrogen (secondary N) is 2. The van der Waals surface area contributed by atoms with Crippen molar-refractivity contribution in [3.8, 4) is 17.5 Å². The summed E-state index contributed by atoms with van der Waals surface area (Å²) in [5, 5.41) is 12.3. The number of phenols is 1. The van der Waals surface area contributed by atoms with Crippen LogP contribution in [0.25, 0.3) is 15.9 Å². The second kappa shape index (κ2) is 6.98. The van der Waals surface area contributed by atoms with Crippen LogP contribution >= 0.6 is 0 Å². The molecule has 0 fully saturated rings. The quantitative estimate of drug-likeness (QED) is 0.608. The van der Waals surface area contributed by atoms with Gasteiger partial charge < -0.3 is 29.7 Å². The Kier molecular flexibility index (Phi) is 4.57. The molecule has 1 aromatic carbocycles. The number of carbonyl (C=O) groups excluding carboxylic acids is 1. The van der Waals surface area contributed by atoms with Gasteiger partial charge >= 0.3 is 0 Å². The first kappa shape index (κ1) is 17.0. The Morgan fingerprint density at radius 2 is 2.27 bits per heavy atom. The normalized spacial score (nSPS) is 10.3. The number of aromatic nitrogens is 3. The number of amides is 1. The van der Waals surface area contributed by atoms with Crippen LogP contribution in [0.15, 0.2) is 24.4 Å². The summed E-state index contributed by atoms with van der Waals surface area (Å²) in [7, 11) is 1.44. The maximum absolute atomic E-state index is 12.0. The Balaban J connectivity index is 1.66. The number of benzene rings is 1. The Hall–Kier alpha value is -3.80. The first-order valence-electron chi connectivity index (χ1n) is 7.54. The lowest BCUT2D eigenvalue weighted by molar-refractivity contribution is -0.118. The molecule has 1 amide bonds. The first-order chi connectivity index (χ1) is 12.5. The SMILES string of the molecule is [C-]#[N+]c1ncc2[nH]c(OCC(=O)Nc3ccc(OC)c(O)c3)nc2c1C. The molecule has 0 radical (unpaired) electrons. The van der Waals surface area contributed by atoms with Gasteiger partial charge in [0.1, 0.15) is 11.7 Å². The molecule has 0 saturated heterocycles. The Morgan fingerprint density at radius 3 is 2.96 bits per heavy atom. The van der Waals surface area contributed by atoms with E-state index in [1.807, 2.05) is 0 Å². The average molecular weight is 353 g/mol. The zero-order chi connectivity index (χ0) is 18.7. The molecule has 26 heavy (non-hydrogen) atoms. The lowest BCUT2D eigenvalue weighted by atomic mass is 10.2. The summed E-state index contributed by atoms with van der Waals surface area (Å²) < 4.78 is 10.3. The molecule has 0 bridgehead atoms. The number of fused-ring (bicyclic) bond motifs is 1. The number of carbonyl (C=O) groups is 1. The number of hydrogen-bond donors (Lipinski definition) is 3. The summed E-state index contributed by atoms with van der Waals surface area (Å²) in [6.45, 7) is 8.53. The van der Waals surface area contributed by atoms with Crippen LogP contribution in [0.4, 0.5) is 11.5 Å². The van der Waals surface area contributed by atoms with Crippen molar-refractivity contribution in [2.24, 2.45) is 0 Å². The molecule has 0 aliphatic carbocycles. The predicted octanol–water partition coefficient (Wildman–Crippen LogP) is 2.55. The second-order valence-corrected chi connectivity index (χ2v) is 5.35. The maximum Gasteiger partial charge on any atom is 0.295 e. The molecule has 2 heterocycles. The molecule has 0 aliphatic rings. The van der Waals surface area contributed by atoms with Crippen LogP contribution < -0.4 is 14.8 Å². The van der Waals surface area contributed by atoms with E-state index >= 15 is 0 Å². The second-order valence-electron chi connectivity index (χ2n) is 5.35. The van der Waals surface area contributed by atoms with E-state index in [1.165, 1.54) is 25.4 Å². The molecule has 9 nitrogen and oxygen atoms in total. The summed E-state index contributed by atoms with van der Waals surface area (Å²) in [4.78, 5) is 26.5. The number of aromatic hydroxyl groups is 1. The predicted molar refractivity (Wildman–Crippen MR) is 93.7 cm³/mol. The fraction of sp³-hybridized carbons (Fsp3) is 0.176. The van der Waals surface area contributed by atoms with E-state index in [0.717, 1.165) is 0 Å². The third-order valence-corrected chi connectivity index (χ3v) is 3.63. The largest absolute Gasteiger partial charge is 0.504 e. The fourth-order valence-corrected chi connectivity index (χ4v) is 2.35. The molecule has 3 rings (SSSR count). The van der Waals surface area contributed by atoms with Crippen molar-refractivity contribution in [1.29, 1.82) is 0 Å². The van der Waals surface area contributed by atoms with Crippen molar-refractivity contribution in [1.82, 2.24) is 15.0 Å². The summed E-state index contributed by atoms with van der Waals surface area (Å²) >= 11 is 0. The average Bonchev–Trinajstić information content (AvgIpc) is 3.05. The molecule has 3 aromatic rings. The van der Waals surface area contributed by atoms with Gasteiger partial charge in [-0.1, -0.05) is 6.57 Å². The smallest absolute Gasteiger partial charge is 0.295 e. The number of pyridine rings is 1. The molecule has 0 saturated carbocycles. The maximum atomic E-state index is 12.0. The number of methoxy groups -OCH3 is 1. The molecule has 0 aliphatic heterocycles. The number of nitrogens with zero attached hydrogens (tertiary/aromatic N) is 3. The van der Waals surface area contributed by atoms with Crippen molar-refractivity contribution in [2.75, 3.05) is 19.0 Å². The first-order valence-corrected chi connectivity index (χ1v) is 7.54. The fourth-order valence-electron chi connectivity index (χ4n) is 2.35. The highest BCUT2D eigenvalue weighted by atomic mass is 16.5. The van der Waals surface area contributed by atoms with Gasteiger partial charge in [-0.15, -0.1) is 4.98 Å². The van der Waals surface area contributed by atoms with Gasteiger partial charge in [0.25, 0.3) is 17.7 Å². The number of hydrogen-bond acceptors (Lipinski definition) is 6. The van der Waals surface area contributed by atoms with E-state index in [9.17, 15) is 9.90 Å². The van der Waals surface area contributed by atoms with Gasteiger partial charge in [0.05, 0.1) is 12.6 Å². The highest BCUT2D eigenvalue weighted by molar-refractivity contribution is 5.92. The van der Waals surface area contributed by atoms with E-state index in [4.69, 9.17) is 16.0 Å². The van der Waals surface area contributed by atoms with Crippen LogP contribution in [-0.2, 0) is 4.79 Å². The highest BCUT2D eigenvalue weighted by Crippen LogP contribution is 2.28. The van der Waals surface area contributed by atoms with Gasteiger partial charge in [0.2, 0.25) is 0 Å². The van der Waals surface area contributed by atoms with Crippen LogP contribution in [0, 0.1) is 13.5 Å². The number of aromatic amines is 1. The van der Waals surface area contributed by atoms with Gasteiger partial charge in [-0.3, -0.25) is 4.79 Å². The van der Waals surface area contributed by atoms with E-state index in [1.54, 1.807) is 13.0 Å². The number of H-pyrrole nitrogens is 1. The molecule has 9 heteroatoms. The zero-order valence-electron chi connectivity index (χ0n) is 14.0. The number of imidazole rings is 1. The van der Waals surface area contributed by atoms with Gasteiger partial charge in [0.15, 0.2) is 18.1 Å². The minimum Gasteiger partial charge on any atom is -0.504 e. The van der Waals surface area contributed by atoms with Gasteiger partial charge in [-0.2, -0.15) is 4.98 Å². The van der Waals surface area contributed by atoms with E-state index in [2.05, 4.69) is 25.1 Å². The van der Waals surface area contributed by atoms with Crippen molar-refractivity contribution >= 4 is 28.4 Å². The van der Waals surface area contributed by atoms with Crippen LogP contribution in [0.3, 0.4) is 0 Å². The van der Waals surface area contributed by atoms with Crippen molar-refractivity contribution in [3.63, 3.8) is 0 Å². The van der Waals surface area contributed by atoms with Crippen LogP contribution in [0.1, 0.15) is 5.56 Å². The van der Waals surface area contributed by atoms with Crippen LogP contribution in [0.5, 0.6) is 17.5 Å². The van der Waals surface area contributed by atoms with E-state index in [0.29, 0.717) is 28.0 Å². The van der Waals surface area contributed by atoms with Crippen molar-refractivity contribution in [2.45, 2.75) is 6.92 Å². The standard InChI is InChI=1S/C17H15N5O4/c1-9-15-11(7-19-16(9)18-2)21-17(22-15)26-8-14(24)20-10-4-5-13(25-3)12(23)6-10/h4-7,23H,8H2,1,3H3,(H,20,24)(H,21,22). The summed E-state index contributed by atoms with van der Waals surface area (Å²) in [5.41, 5.74) is 2.23. The third-order valence-electron chi connectivity index (χ3n) is 3.63. The van der Waals surface area contributed by atoms with Gasteiger partial charge in [-0.25, -0.2) is 0 Å². The van der Waals surface area contributed by atoms with Crippen LogP contribution in [0.2, 0.25) is 0 Å². The van der Waals surface area contributed by atoms with Gasteiger partial charge in [-0.05, 0) is 19.1 Å². The Bertz CT molecular complexity index is 1020. The number of ether oxygens (including phenoxy) is 2. The summed E-state index contributed by atoms with van der Waals surface area (Å²) in [5.74, 6) is 0.0747.